The topological polar surface area (TPSA) is 49.8 Å². The molecule has 0 rings (SSSR count). The normalized spacial score (nSPS) is 1.75. The van der Waals surface area contributed by atoms with E-state index in [9.17, 15) is 0 Å². The number of hydrogen-bond acceptors (Lipinski definition) is 2. The van der Waals surface area contributed by atoms with Gasteiger partial charge in [0.15, 0.2) is 6.19 Å². The fourth-order valence-corrected chi connectivity index (χ4v) is 0. The van der Waals surface area contributed by atoms with Crippen LogP contribution in [0.3, 0.4) is 0 Å². The minimum absolute atomic E-state index is 0. The van der Waals surface area contributed by atoms with Crippen LogP contribution in [0.1, 0.15) is 0 Å². The summed E-state index contributed by atoms with van der Waals surface area (Å²) in [5.41, 5.74) is 4.15. The number of nitrogens with two attached hydrogens (primary N) is 1. The van der Waals surface area contributed by atoms with Crippen LogP contribution in [0, 0.1) is 11.5 Å². The van der Waals surface area contributed by atoms with Gasteiger partial charge in [-0.3, -0.25) is 0 Å². The second kappa shape index (κ2) is 10.7. The van der Waals surface area contributed by atoms with Gasteiger partial charge in [-0.2, -0.15) is 5.26 Å². The summed E-state index contributed by atoms with van der Waals surface area (Å²) in [5.74, 6) is 0. The zero-order chi connectivity index (χ0) is 2.71. The summed E-state index contributed by atoms with van der Waals surface area (Å²) in [6.45, 7) is 0. The van der Waals surface area contributed by atoms with Crippen molar-refractivity contribution in [2.24, 2.45) is 5.73 Å². The third-order valence-corrected chi connectivity index (χ3v) is 0. The average molecular weight is 154 g/mol. The van der Waals surface area contributed by atoms with Crippen molar-refractivity contribution in [2.75, 3.05) is 0 Å². The molecule has 0 radical (unpaired) electrons. The maximum absolute atomic E-state index is 7.10. The first-order valence-corrected chi connectivity index (χ1v) is 0.512. The molecule has 0 aliphatic carbocycles. The molecule has 0 aliphatic heterocycles. The second-order valence-electron chi connectivity index (χ2n) is 0.129. The minimum atomic E-state index is 0. The van der Waals surface area contributed by atoms with E-state index in [-0.39, 0.29) is 27.3 Å². The summed E-state index contributed by atoms with van der Waals surface area (Å²) in [6.07, 6.45) is 1.25. The van der Waals surface area contributed by atoms with Crippen molar-refractivity contribution in [3.63, 3.8) is 0 Å². The van der Waals surface area contributed by atoms with Crippen LogP contribution in [0.15, 0.2) is 0 Å². The fraction of sp³-hybridized carbons (Fsp3) is 0. The zero-order valence-corrected chi connectivity index (χ0v) is 6.27. The van der Waals surface area contributed by atoms with E-state index in [0.29, 0.717) is 0 Å². The van der Waals surface area contributed by atoms with Crippen LogP contribution >= 0.6 is 0 Å². The van der Waals surface area contributed by atoms with Gasteiger partial charge >= 0.3 is 0 Å². The summed E-state index contributed by atoms with van der Waals surface area (Å²) in [7, 11) is 0. The molecule has 18 valence electrons. The maximum atomic E-state index is 7.10. The molecule has 0 amide bonds. The predicted molar refractivity (Wildman–Crippen MR) is 9.80 cm³/mol. The third-order valence-electron chi connectivity index (χ3n) is 0. The molecule has 2 nitrogen and oxygen atoms in total. The van der Waals surface area contributed by atoms with Crippen LogP contribution in [-0.4, -0.2) is 0 Å². The Kier molecular flexibility index (Phi) is 23.8. The van der Waals surface area contributed by atoms with Crippen molar-refractivity contribution in [3.8, 4) is 6.19 Å². The summed E-state index contributed by atoms with van der Waals surface area (Å²) >= 11 is 0. The SMILES string of the molecule is N#CN.[Cd]. The Labute approximate surface area is 44.8 Å². The fourth-order valence-electron chi connectivity index (χ4n) is 0. The molecule has 0 aromatic carbocycles. The molecule has 0 spiro atoms. The van der Waals surface area contributed by atoms with Crippen LogP contribution in [0.4, 0.5) is 0 Å². The summed E-state index contributed by atoms with van der Waals surface area (Å²) < 4.78 is 0. The van der Waals surface area contributed by atoms with Crippen LogP contribution in [0.25, 0.3) is 0 Å². The molecular weight excluding hydrogens is 152 g/mol. The Morgan fingerprint density at radius 2 is 1.75 bits per heavy atom. The molecule has 2 N–H and O–H groups in total. The maximum Gasteiger partial charge on any atom is 0.173 e. The minimum Gasteiger partial charge on any atom is -0.337 e. The van der Waals surface area contributed by atoms with Crippen LogP contribution < -0.4 is 5.73 Å². The molecule has 0 aromatic rings. The first kappa shape index (κ1) is 8.88. The van der Waals surface area contributed by atoms with Crippen LogP contribution in [0.2, 0.25) is 0 Å². The Morgan fingerprint density at radius 3 is 1.75 bits per heavy atom. The van der Waals surface area contributed by atoms with Gasteiger partial charge < -0.3 is 5.73 Å². The van der Waals surface area contributed by atoms with Gasteiger partial charge in [0.05, 0.1) is 0 Å². The van der Waals surface area contributed by atoms with Gasteiger partial charge in [0.1, 0.15) is 0 Å². The van der Waals surface area contributed by atoms with E-state index in [0.717, 1.165) is 0 Å². The van der Waals surface area contributed by atoms with Gasteiger partial charge in [-0.05, 0) is 0 Å². The van der Waals surface area contributed by atoms with Gasteiger partial charge in [0.2, 0.25) is 0 Å². The number of nitriles is 1. The van der Waals surface area contributed by atoms with E-state index in [4.69, 9.17) is 5.26 Å². The average Bonchev–Trinajstić information content (AvgIpc) is 0.918. The molecule has 0 unspecified atom stereocenters. The van der Waals surface area contributed by atoms with Crippen molar-refractivity contribution in [2.45, 2.75) is 0 Å². The molecular formula is CH2CdN2. The van der Waals surface area contributed by atoms with Crippen molar-refractivity contribution >= 4 is 0 Å². The van der Waals surface area contributed by atoms with Gasteiger partial charge in [-0.1, -0.05) is 0 Å². The van der Waals surface area contributed by atoms with E-state index < -0.39 is 0 Å². The van der Waals surface area contributed by atoms with Gasteiger partial charge in [-0.25, -0.2) is 0 Å². The summed E-state index contributed by atoms with van der Waals surface area (Å²) in [4.78, 5) is 0. The Morgan fingerprint density at radius 1 is 1.75 bits per heavy atom. The van der Waals surface area contributed by atoms with Crippen LogP contribution in [0.5, 0.6) is 0 Å². The first-order valence-electron chi connectivity index (χ1n) is 0.512. The molecule has 0 heterocycles. The van der Waals surface area contributed by atoms with Gasteiger partial charge in [0.25, 0.3) is 0 Å². The molecule has 0 atom stereocenters. The molecule has 0 fully saturated rings. The summed E-state index contributed by atoms with van der Waals surface area (Å²) in [6, 6.07) is 0. The first-order chi connectivity index (χ1) is 1.41. The molecule has 0 saturated heterocycles. The number of hydrogen-bond donors (Lipinski definition) is 1. The van der Waals surface area contributed by atoms with Crippen LogP contribution in [-0.2, 0) is 27.3 Å². The smallest absolute Gasteiger partial charge is 0.173 e. The Bertz CT molecular complexity index is 27.5. The summed E-state index contributed by atoms with van der Waals surface area (Å²) in [5, 5.41) is 7.10. The molecule has 0 aromatic heterocycles. The van der Waals surface area contributed by atoms with E-state index in [1.54, 1.807) is 0 Å². The van der Waals surface area contributed by atoms with Crippen molar-refractivity contribution in [1.82, 2.24) is 0 Å². The zero-order valence-electron chi connectivity index (χ0n) is 2.23. The number of rotatable bonds is 0. The molecule has 0 bridgehead atoms. The quantitative estimate of drug-likeness (QED) is 0.288. The standard InChI is InChI=1S/CH2N2.Cd/c2-1-3;/h2H2;. The van der Waals surface area contributed by atoms with E-state index in [1.807, 2.05) is 0 Å². The van der Waals surface area contributed by atoms with Crippen molar-refractivity contribution < 1.29 is 27.3 Å². The Balaban J connectivity index is 0. The number of nitrogens with zero attached hydrogens (tertiary/aromatic N) is 1. The van der Waals surface area contributed by atoms with Crippen molar-refractivity contribution in [3.05, 3.63) is 0 Å². The largest absolute Gasteiger partial charge is 0.337 e. The molecule has 3 heteroatoms. The van der Waals surface area contributed by atoms with E-state index in [1.165, 1.54) is 6.19 Å². The molecule has 0 aliphatic rings. The third kappa shape index (κ3) is 72.3. The van der Waals surface area contributed by atoms with Gasteiger partial charge in [0, 0.05) is 27.3 Å². The molecule has 0 saturated carbocycles. The molecule has 4 heavy (non-hydrogen) atoms. The van der Waals surface area contributed by atoms with Gasteiger partial charge in [-0.15, -0.1) is 0 Å². The van der Waals surface area contributed by atoms with E-state index >= 15 is 0 Å². The Hall–Kier alpha value is 0.212. The monoisotopic (exact) mass is 156 g/mol. The second-order valence-corrected chi connectivity index (χ2v) is 0.129. The van der Waals surface area contributed by atoms with E-state index in [2.05, 4.69) is 5.73 Å². The predicted octanol–water partition coefficient (Wildman–Crippen LogP) is -0.576. The van der Waals surface area contributed by atoms with Crippen molar-refractivity contribution in [1.29, 1.82) is 5.26 Å².